The van der Waals surface area contributed by atoms with E-state index in [0.29, 0.717) is 24.3 Å². The molecule has 7 nitrogen and oxygen atoms in total. The lowest BCUT2D eigenvalue weighted by Gasteiger charge is -2.21. The molecule has 0 fully saturated rings. The van der Waals surface area contributed by atoms with Gasteiger partial charge in [0, 0.05) is 44.1 Å². The van der Waals surface area contributed by atoms with E-state index in [0.717, 1.165) is 17.8 Å². The highest BCUT2D eigenvalue weighted by atomic mass is 16.2. The van der Waals surface area contributed by atoms with Gasteiger partial charge >= 0.3 is 5.69 Å². The first-order valence-electron chi connectivity index (χ1n) is 7.78. The van der Waals surface area contributed by atoms with E-state index < -0.39 is 0 Å². The molecule has 0 atom stereocenters. The number of rotatable bonds is 1. The monoisotopic (exact) mass is 323 g/mol. The first-order valence-corrected chi connectivity index (χ1v) is 7.78. The summed E-state index contributed by atoms with van der Waals surface area (Å²) in [6.07, 6.45) is 1.58. The summed E-state index contributed by atoms with van der Waals surface area (Å²) in [7, 11) is 2.04. The number of nitrogens with one attached hydrogen (secondary N) is 1. The fourth-order valence-corrected chi connectivity index (χ4v) is 3.09. The number of hydrogen-bond acceptors (Lipinski definition) is 4. The van der Waals surface area contributed by atoms with Crippen LogP contribution in [0.1, 0.15) is 15.9 Å². The number of carbonyl (C=O) groups excluding carboxylic acids is 1. The first kappa shape index (κ1) is 14.5. The van der Waals surface area contributed by atoms with Gasteiger partial charge < -0.3 is 9.80 Å². The van der Waals surface area contributed by atoms with Crippen molar-refractivity contribution in [3.63, 3.8) is 0 Å². The van der Waals surface area contributed by atoms with Crippen LogP contribution in [0.2, 0.25) is 0 Å². The summed E-state index contributed by atoms with van der Waals surface area (Å²) in [6.45, 7) is 1.98. The minimum absolute atomic E-state index is 0.0574. The molecule has 1 aliphatic rings. The maximum Gasteiger partial charge on any atom is 0.347 e. The van der Waals surface area contributed by atoms with Crippen LogP contribution in [-0.4, -0.2) is 45.5 Å². The zero-order chi connectivity index (χ0) is 16.7. The van der Waals surface area contributed by atoms with Crippen LogP contribution in [-0.2, 0) is 6.54 Å². The Morgan fingerprint density at radius 1 is 1.21 bits per heavy atom. The van der Waals surface area contributed by atoms with Crippen molar-refractivity contribution in [1.82, 2.24) is 19.5 Å². The van der Waals surface area contributed by atoms with Crippen molar-refractivity contribution in [3.05, 3.63) is 64.2 Å². The Balaban J connectivity index is 1.67. The van der Waals surface area contributed by atoms with Crippen LogP contribution in [0.3, 0.4) is 0 Å². The van der Waals surface area contributed by atoms with Crippen molar-refractivity contribution in [3.8, 4) is 0 Å². The molecular formula is C17H17N5O2. The molecule has 1 aromatic carbocycles. The number of para-hydroxylation sites is 1. The number of benzene rings is 1. The largest absolute Gasteiger partial charge is 0.373 e. The van der Waals surface area contributed by atoms with E-state index in [2.05, 4.69) is 21.2 Å². The summed E-state index contributed by atoms with van der Waals surface area (Å²) in [6, 6.07) is 11.4. The number of likely N-dealkylation sites (N-methyl/N-ethyl adjacent to an activating group) is 1. The zero-order valence-corrected chi connectivity index (χ0v) is 13.3. The molecule has 0 radical (unpaired) electrons. The molecule has 3 heterocycles. The third-order valence-corrected chi connectivity index (χ3v) is 4.42. The lowest BCUT2D eigenvalue weighted by molar-refractivity contribution is 0.0751. The van der Waals surface area contributed by atoms with Crippen LogP contribution in [0.15, 0.2) is 47.4 Å². The van der Waals surface area contributed by atoms with E-state index >= 15 is 0 Å². The van der Waals surface area contributed by atoms with E-state index in [-0.39, 0.29) is 11.6 Å². The van der Waals surface area contributed by atoms with Crippen molar-refractivity contribution in [1.29, 1.82) is 0 Å². The zero-order valence-electron chi connectivity index (χ0n) is 13.3. The maximum atomic E-state index is 12.9. The third-order valence-electron chi connectivity index (χ3n) is 4.42. The molecule has 7 heteroatoms. The molecule has 24 heavy (non-hydrogen) atoms. The predicted molar refractivity (Wildman–Crippen MR) is 90.3 cm³/mol. The topological polar surface area (TPSA) is 73.7 Å². The van der Waals surface area contributed by atoms with E-state index in [1.54, 1.807) is 18.3 Å². The van der Waals surface area contributed by atoms with Gasteiger partial charge in [0.05, 0.1) is 0 Å². The van der Waals surface area contributed by atoms with Crippen molar-refractivity contribution in [2.75, 3.05) is 25.0 Å². The van der Waals surface area contributed by atoms with Crippen LogP contribution in [0, 0.1) is 0 Å². The lowest BCUT2D eigenvalue weighted by atomic mass is 10.1. The van der Waals surface area contributed by atoms with Gasteiger partial charge in [-0.2, -0.15) is 5.10 Å². The van der Waals surface area contributed by atoms with Crippen molar-refractivity contribution >= 4 is 17.2 Å². The van der Waals surface area contributed by atoms with Crippen LogP contribution < -0.4 is 10.6 Å². The summed E-state index contributed by atoms with van der Waals surface area (Å²) in [5, 5.41) is 6.30. The Kier molecular flexibility index (Phi) is 3.34. The fourth-order valence-electron chi connectivity index (χ4n) is 3.09. The van der Waals surface area contributed by atoms with Crippen LogP contribution >= 0.6 is 0 Å². The first-order chi connectivity index (χ1) is 11.6. The highest BCUT2D eigenvalue weighted by molar-refractivity contribution is 5.95. The highest BCUT2D eigenvalue weighted by Gasteiger charge is 2.22. The number of anilines is 1. The number of pyridine rings is 1. The highest BCUT2D eigenvalue weighted by Crippen LogP contribution is 2.24. The van der Waals surface area contributed by atoms with E-state index in [1.165, 1.54) is 4.40 Å². The number of aromatic amines is 1. The Morgan fingerprint density at radius 2 is 2.04 bits per heavy atom. The maximum absolute atomic E-state index is 12.9. The molecule has 122 valence electrons. The Bertz CT molecular complexity index is 974. The molecular weight excluding hydrogens is 306 g/mol. The van der Waals surface area contributed by atoms with E-state index in [9.17, 15) is 9.59 Å². The van der Waals surface area contributed by atoms with Gasteiger partial charge in [0.25, 0.3) is 5.91 Å². The average molecular weight is 323 g/mol. The Hall–Kier alpha value is -3.09. The second-order valence-corrected chi connectivity index (χ2v) is 5.95. The number of carbonyl (C=O) groups is 1. The normalized spacial score (nSPS) is 14.5. The number of fused-ring (bicyclic) bond motifs is 2. The number of hydrogen-bond donors (Lipinski definition) is 1. The lowest BCUT2D eigenvalue weighted by Crippen LogP contribution is -2.34. The van der Waals surface area contributed by atoms with Gasteiger partial charge in [0.2, 0.25) is 0 Å². The van der Waals surface area contributed by atoms with Gasteiger partial charge in [-0.3, -0.25) is 9.20 Å². The van der Waals surface area contributed by atoms with E-state index in [4.69, 9.17) is 0 Å². The minimum atomic E-state index is -0.311. The molecule has 0 saturated carbocycles. The van der Waals surface area contributed by atoms with Crippen molar-refractivity contribution in [2.45, 2.75) is 6.54 Å². The SMILES string of the molecule is CN1CCN(C(=O)c2ccn3c(=O)[nH]nc3c2)Cc2ccccc21. The molecule has 0 saturated heterocycles. The molecule has 0 spiro atoms. The van der Waals surface area contributed by atoms with Crippen molar-refractivity contribution in [2.24, 2.45) is 0 Å². The third kappa shape index (κ3) is 2.34. The van der Waals surface area contributed by atoms with Gasteiger partial charge in [-0.05, 0) is 23.8 Å². The van der Waals surface area contributed by atoms with Crippen LogP contribution in [0.25, 0.3) is 5.65 Å². The molecule has 1 amide bonds. The molecule has 3 aromatic rings. The minimum Gasteiger partial charge on any atom is -0.373 e. The van der Waals surface area contributed by atoms with Crippen LogP contribution in [0.5, 0.6) is 0 Å². The fraction of sp³-hybridized carbons (Fsp3) is 0.235. The molecule has 4 rings (SSSR count). The van der Waals surface area contributed by atoms with Crippen LogP contribution in [0.4, 0.5) is 5.69 Å². The van der Waals surface area contributed by atoms with Gasteiger partial charge in [-0.15, -0.1) is 0 Å². The molecule has 1 aliphatic heterocycles. The summed E-state index contributed by atoms with van der Waals surface area (Å²) in [4.78, 5) is 28.4. The van der Waals surface area contributed by atoms with E-state index in [1.807, 2.05) is 30.1 Å². The Labute approximate surface area is 138 Å². The summed E-state index contributed by atoms with van der Waals surface area (Å²) >= 11 is 0. The van der Waals surface area contributed by atoms with Gasteiger partial charge in [0.15, 0.2) is 5.65 Å². The average Bonchev–Trinajstić information content (AvgIpc) is 2.89. The molecule has 0 aliphatic carbocycles. The van der Waals surface area contributed by atoms with Gasteiger partial charge in [-0.1, -0.05) is 18.2 Å². The van der Waals surface area contributed by atoms with Crippen molar-refractivity contribution < 1.29 is 4.79 Å². The second-order valence-electron chi connectivity index (χ2n) is 5.95. The second kappa shape index (κ2) is 5.52. The summed E-state index contributed by atoms with van der Waals surface area (Å²) in [5.41, 5.74) is 2.95. The Morgan fingerprint density at radius 3 is 2.92 bits per heavy atom. The molecule has 0 unspecified atom stereocenters. The molecule has 1 N–H and O–H groups in total. The molecule has 0 bridgehead atoms. The summed E-state index contributed by atoms with van der Waals surface area (Å²) in [5.74, 6) is -0.0574. The molecule has 2 aromatic heterocycles. The number of amides is 1. The number of aromatic nitrogens is 3. The summed E-state index contributed by atoms with van der Waals surface area (Å²) < 4.78 is 1.38. The number of nitrogens with zero attached hydrogens (tertiary/aromatic N) is 4. The van der Waals surface area contributed by atoms with Gasteiger partial charge in [0.1, 0.15) is 0 Å². The number of H-pyrrole nitrogens is 1. The smallest absolute Gasteiger partial charge is 0.347 e. The predicted octanol–water partition coefficient (Wildman–Crippen LogP) is 1.11. The standard InChI is InChI=1S/C17H17N5O2/c1-20-8-9-21(11-13-4-2-3-5-14(13)20)16(23)12-6-7-22-15(10-12)18-19-17(22)24/h2-7,10H,8-9,11H2,1H3,(H,19,24). The quantitative estimate of drug-likeness (QED) is 0.728. The van der Waals surface area contributed by atoms with Gasteiger partial charge in [-0.25, -0.2) is 9.89 Å².